The van der Waals surface area contributed by atoms with Gasteiger partial charge in [0.05, 0.1) is 38.6 Å². The predicted molar refractivity (Wildman–Crippen MR) is 163 cm³/mol. The van der Waals surface area contributed by atoms with E-state index in [-0.39, 0.29) is 52.8 Å². The molecule has 0 amide bonds. The van der Waals surface area contributed by atoms with Gasteiger partial charge in [-0.15, -0.1) is 0 Å². The molecular formula is C35H49NO8. The number of fused-ring (bicyclic) bond motifs is 2. The molecule has 9 heteroatoms. The van der Waals surface area contributed by atoms with Gasteiger partial charge in [0, 0.05) is 75.0 Å². The summed E-state index contributed by atoms with van der Waals surface area (Å²) >= 11 is 0. The van der Waals surface area contributed by atoms with Crippen LogP contribution in [0.2, 0.25) is 0 Å². The largest absolute Gasteiger partial charge is 0.493 e. The van der Waals surface area contributed by atoms with Gasteiger partial charge in [-0.25, -0.2) is 4.79 Å². The van der Waals surface area contributed by atoms with Crippen molar-refractivity contribution in [2.24, 2.45) is 40.4 Å². The number of esters is 1. The van der Waals surface area contributed by atoms with Crippen LogP contribution in [0.4, 0.5) is 0 Å². The molecule has 1 heterocycles. The Bertz CT molecular complexity index is 1300. The van der Waals surface area contributed by atoms with Crippen molar-refractivity contribution >= 4 is 12.0 Å². The van der Waals surface area contributed by atoms with Crippen molar-refractivity contribution in [3.05, 3.63) is 29.8 Å². The highest BCUT2D eigenvalue weighted by Crippen LogP contribution is 2.79. The minimum atomic E-state index is -0.988. The average molecular weight is 612 g/mol. The third-order valence-electron chi connectivity index (χ3n) is 13.2. The Morgan fingerprint density at radius 3 is 2.55 bits per heavy atom. The molecular weight excluding hydrogens is 562 g/mol. The first-order valence-electron chi connectivity index (χ1n) is 16.4. The van der Waals surface area contributed by atoms with Crippen molar-refractivity contribution in [1.82, 2.24) is 4.90 Å². The molecule has 6 aliphatic rings. The van der Waals surface area contributed by atoms with Crippen LogP contribution >= 0.6 is 0 Å². The van der Waals surface area contributed by atoms with Crippen molar-refractivity contribution < 1.29 is 38.3 Å². The highest BCUT2D eigenvalue weighted by atomic mass is 16.6. The zero-order chi connectivity index (χ0) is 31.0. The van der Waals surface area contributed by atoms with Gasteiger partial charge < -0.3 is 33.5 Å². The van der Waals surface area contributed by atoms with Gasteiger partial charge in [-0.1, -0.05) is 13.0 Å². The summed E-state index contributed by atoms with van der Waals surface area (Å²) in [6.45, 7) is 4.92. The van der Waals surface area contributed by atoms with Crippen LogP contribution in [-0.4, -0.2) is 101 Å². The summed E-state index contributed by atoms with van der Waals surface area (Å²) in [7, 11) is 8.63. The van der Waals surface area contributed by atoms with Crippen LogP contribution in [0.3, 0.4) is 0 Å². The normalized spacial score (nSPS) is 45.0. The molecule has 5 aliphatic carbocycles. The molecule has 6 fully saturated rings. The fraction of sp³-hybridized carbons (Fsp3) is 0.743. The van der Waals surface area contributed by atoms with Gasteiger partial charge in [0.25, 0.3) is 0 Å². The van der Waals surface area contributed by atoms with Gasteiger partial charge in [0.2, 0.25) is 0 Å². The van der Waals surface area contributed by atoms with E-state index in [0.29, 0.717) is 23.8 Å². The lowest BCUT2D eigenvalue weighted by Crippen LogP contribution is -2.76. The minimum absolute atomic E-state index is 0.0227. The molecule has 5 saturated carbocycles. The summed E-state index contributed by atoms with van der Waals surface area (Å²) in [6.07, 6.45) is 7.20. The molecule has 1 saturated heterocycles. The number of piperidine rings is 1. The topological polar surface area (TPSA) is 95.9 Å². The van der Waals surface area contributed by atoms with E-state index in [9.17, 15) is 9.90 Å². The second-order valence-electron chi connectivity index (χ2n) is 14.3. The number of ether oxygens (including phenoxy) is 6. The van der Waals surface area contributed by atoms with Crippen LogP contribution < -0.4 is 9.47 Å². The molecule has 0 aromatic heterocycles. The first kappa shape index (κ1) is 30.5. The Balaban J connectivity index is 1.26. The highest BCUT2D eigenvalue weighted by molar-refractivity contribution is 5.87. The maximum Gasteiger partial charge on any atom is 0.331 e. The summed E-state index contributed by atoms with van der Waals surface area (Å²) in [5.41, 5.74) is -0.273. The smallest absolute Gasteiger partial charge is 0.331 e. The number of benzene rings is 1. The van der Waals surface area contributed by atoms with Crippen molar-refractivity contribution in [3.8, 4) is 11.5 Å². The molecule has 1 spiro atoms. The maximum atomic E-state index is 13.5. The minimum Gasteiger partial charge on any atom is -0.493 e. The first-order valence-corrected chi connectivity index (χ1v) is 16.4. The van der Waals surface area contributed by atoms with Gasteiger partial charge in [0.15, 0.2) is 11.5 Å². The number of aliphatic hydroxyl groups is 1. The van der Waals surface area contributed by atoms with Gasteiger partial charge in [0.1, 0.15) is 6.10 Å². The summed E-state index contributed by atoms with van der Waals surface area (Å²) < 4.78 is 35.7. The number of carbonyl (C=O) groups excluding carboxylic acids is 1. The molecule has 1 N–H and O–H groups in total. The highest BCUT2D eigenvalue weighted by Gasteiger charge is 2.84. The SMILES string of the molecule is CCN1C[C@@]2(COC)CC[C@H](OC)[C@@]34C5C[C@@H]6[C@H](OC(=O)C=Cc7ccc(OC)c(OC)c7)[C@@H]5[C@@](O)(C[C@H]6OC)[C@@H](C[C@H]23)[C@@H]14. The third-order valence-corrected chi connectivity index (χ3v) is 13.2. The molecule has 1 aromatic rings. The quantitative estimate of drug-likeness (QED) is 0.313. The van der Waals surface area contributed by atoms with Crippen LogP contribution in [0.5, 0.6) is 11.5 Å². The molecule has 1 aliphatic heterocycles. The number of methoxy groups -OCH3 is 5. The Morgan fingerprint density at radius 1 is 1.07 bits per heavy atom. The molecule has 0 radical (unpaired) electrons. The molecule has 7 rings (SSSR count). The number of hydrogen-bond acceptors (Lipinski definition) is 9. The van der Waals surface area contributed by atoms with E-state index >= 15 is 0 Å². The summed E-state index contributed by atoms with van der Waals surface area (Å²) in [5, 5.41) is 13.0. The van der Waals surface area contributed by atoms with Gasteiger partial charge >= 0.3 is 5.97 Å². The maximum absolute atomic E-state index is 13.5. The van der Waals surface area contributed by atoms with E-state index in [1.807, 2.05) is 32.4 Å². The van der Waals surface area contributed by atoms with Gasteiger partial charge in [-0.2, -0.15) is 0 Å². The lowest BCUT2D eigenvalue weighted by atomic mass is 9.43. The molecule has 44 heavy (non-hydrogen) atoms. The summed E-state index contributed by atoms with van der Waals surface area (Å²) in [5.74, 6) is 1.30. The van der Waals surface area contributed by atoms with E-state index in [1.54, 1.807) is 27.4 Å². The fourth-order valence-corrected chi connectivity index (χ4v) is 12.1. The van der Waals surface area contributed by atoms with Crippen molar-refractivity contribution in [2.75, 3.05) is 55.2 Å². The monoisotopic (exact) mass is 611 g/mol. The molecule has 7 bridgehead atoms. The Morgan fingerprint density at radius 2 is 1.86 bits per heavy atom. The average Bonchev–Trinajstić information content (AvgIpc) is 3.48. The lowest BCUT2D eigenvalue weighted by Gasteiger charge is -2.69. The molecule has 9 nitrogen and oxygen atoms in total. The lowest BCUT2D eigenvalue weighted by molar-refractivity contribution is -0.277. The Labute approximate surface area is 261 Å². The second-order valence-corrected chi connectivity index (χ2v) is 14.3. The number of hydrogen-bond donors (Lipinski definition) is 1. The second kappa shape index (κ2) is 11.0. The van der Waals surface area contributed by atoms with Crippen LogP contribution in [0.1, 0.15) is 44.6 Å². The fourth-order valence-electron chi connectivity index (χ4n) is 12.1. The van der Waals surface area contributed by atoms with Gasteiger partial charge in [-0.05, 0) is 67.8 Å². The van der Waals surface area contributed by atoms with E-state index in [4.69, 9.17) is 28.4 Å². The van der Waals surface area contributed by atoms with Crippen LogP contribution in [0.25, 0.3) is 6.08 Å². The van der Waals surface area contributed by atoms with Crippen molar-refractivity contribution in [3.63, 3.8) is 0 Å². The van der Waals surface area contributed by atoms with Crippen LogP contribution in [0, 0.1) is 40.4 Å². The van der Waals surface area contributed by atoms with E-state index in [2.05, 4.69) is 11.8 Å². The van der Waals surface area contributed by atoms with Crippen LogP contribution in [0.15, 0.2) is 24.3 Å². The number of likely N-dealkylation sites (tertiary alicyclic amines) is 1. The van der Waals surface area contributed by atoms with Crippen molar-refractivity contribution in [2.45, 2.75) is 69.0 Å². The Kier molecular flexibility index (Phi) is 7.60. The third kappa shape index (κ3) is 3.92. The first-order chi connectivity index (χ1) is 21.3. The zero-order valence-corrected chi connectivity index (χ0v) is 27.0. The predicted octanol–water partition coefficient (Wildman–Crippen LogP) is 3.81. The van der Waals surface area contributed by atoms with E-state index in [0.717, 1.165) is 50.9 Å². The Hall–Kier alpha value is -2.17. The molecule has 242 valence electrons. The standard InChI is InChI=1S/C35H49NO8/c1-7-36-18-33(19-39-2)13-12-28(43-6)35-22-15-21-26(42-5)17-34(38,23(32(35)36)16-27(33)35)30(22)31(21)44-29(37)11-9-20-8-10-24(40-3)25(14-20)41-4/h8-11,14,21-23,26-28,30-32,38H,7,12-13,15-19H2,1-6H3/t21-,22?,23-,26+,27+,28-,30+,31-,32+,33+,34+,35+/m0/s1. The number of carbonyl (C=O) groups is 1. The van der Waals surface area contributed by atoms with Crippen LogP contribution in [-0.2, 0) is 23.7 Å². The molecule has 1 unspecified atom stereocenters. The summed E-state index contributed by atoms with van der Waals surface area (Å²) in [6, 6.07) is 5.75. The van der Waals surface area contributed by atoms with E-state index < -0.39 is 17.7 Å². The summed E-state index contributed by atoms with van der Waals surface area (Å²) in [4.78, 5) is 16.2. The zero-order valence-electron chi connectivity index (χ0n) is 27.0. The molecule has 12 atom stereocenters. The number of nitrogens with zero attached hydrogens (tertiary/aromatic N) is 1. The van der Waals surface area contributed by atoms with Gasteiger partial charge in [-0.3, -0.25) is 4.90 Å². The van der Waals surface area contributed by atoms with E-state index in [1.165, 1.54) is 6.08 Å². The number of rotatable bonds is 10. The molecule has 1 aromatic carbocycles. The van der Waals surface area contributed by atoms with Crippen molar-refractivity contribution in [1.29, 1.82) is 0 Å².